The summed E-state index contributed by atoms with van der Waals surface area (Å²) in [6.45, 7) is 5.83. The van der Waals surface area contributed by atoms with Crippen LogP contribution in [0.2, 0.25) is 5.02 Å². The Morgan fingerprint density at radius 1 is 1.16 bits per heavy atom. The molecule has 2 N–H and O–H groups in total. The average Bonchev–Trinajstić information content (AvgIpc) is 3.14. The Morgan fingerprint density at radius 3 is 2.48 bits per heavy atom. The number of benzene rings is 2. The summed E-state index contributed by atoms with van der Waals surface area (Å²) in [5.74, 6) is -0.416. The molecule has 1 heterocycles. The Labute approximate surface area is 191 Å². The maximum atomic E-state index is 12.6. The van der Waals surface area contributed by atoms with Gasteiger partial charge in [-0.1, -0.05) is 35.9 Å². The first-order chi connectivity index (χ1) is 14.7. The SMILES string of the molecule is Cc1nc(-c2ccc(CCNC(=O)c3cc(S(=O)(=O)NC(C)C)ccc3Cl)cc2)cs1. The van der Waals surface area contributed by atoms with E-state index >= 15 is 0 Å². The summed E-state index contributed by atoms with van der Waals surface area (Å²) in [4.78, 5) is 17.1. The molecule has 0 aliphatic rings. The molecule has 0 bridgehead atoms. The lowest BCUT2D eigenvalue weighted by Gasteiger charge is -2.12. The highest BCUT2D eigenvalue weighted by Gasteiger charge is 2.19. The smallest absolute Gasteiger partial charge is 0.252 e. The highest BCUT2D eigenvalue weighted by atomic mass is 35.5. The van der Waals surface area contributed by atoms with Crippen molar-refractivity contribution >= 4 is 38.9 Å². The summed E-state index contributed by atoms with van der Waals surface area (Å²) in [5.41, 5.74) is 3.21. The average molecular weight is 478 g/mol. The van der Waals surface area contributed by atoms with Gasteiger partial charge in [-0.15, -0.1) is 11.3 Å². The number of halogens is 1. The van der Waals surface area contributed by atoms with Crippen molar-refractivity contribution in [1.82, 2.24) is 15.0 Å². The highest BCUT2D eigenvalue weighted by Crippen LogP contribution is 2.22. The number of aromatic nitrogens is 1. The van der Waals surface area contributed by atoms with Crippen LogP contribution in [0.25, 0.3) is 11.3 Å². The van der Waals surface area contributed by atoms with E-state index in [0.717, 1.165) is 21.8 Å². The fourth-order valence-corrected chi connectivity index (χ4v) is 5.08. The molecule has 6 nitrogen and oxygen atoms in total. The standard InChI is InChI=1S/C22H24ClN3O3S2/c1-14(2)26-31(28,29)18-8-9-20(23)19(12-18)22(27)24-11-10-16-4-6-17(7-5-16)21-13-30-15(3)25-21/h4-9,12-14,26H,10-11H2,1-3H3,(H,24,27). The molecule has 0 radical (unpaired) electrons. The second-order valence-electron chi connectivity index (χ2n) is 7.37. The molecule has 3 rings (SSSR count). The zero-order valence-corrected chi connectivity index (χ0v) is 19.9. The van der Waals surface area contributed by atoms with Crippen molar-refractivity contribution in [3.05, 3.63) is 69.0 Å². The number of aryl methyl sites for hydroxylation is 1. The van der Waals surface area contributed by atoms with Crippen molar-refractivity contribution < 1.29 is 13.2 Å². The number of carbonyl (C=O) groups excluding carboxylic acids is 1. The first kappa shape index (κ1) is 23.4. The Hall–Kier alpha value is -2.26. The van der Waals surface area contributed by atoms with Gasteiger partial charge in [-0.05, 0) is 51.0 Å². The summed E-state index contributed by atoms with van der Waals surface area (Å²) in [7, 11) is -3.71. The first-order valence-corrected chi connectivity index (χ1v) is 12.5. The van der Waals surface area contributed by atoms with Crippen molar-refractivity contribution in [1.29, 1.82) is 0 Å². The Kier molecular flexibility index (Phi) is 7.48. The summed E-state index contributed by atoms with van der Waals surface area (Å²) in [6, 6.07) is 11.9. The topological polar surface area (TPSA) is 88.2 Å². The Balaban J connectivity index is 1.62. The number of amides is 1. The van der Waals surface area contributed by atoms with Crippen molar-refractivity contribution in [3.63, 3.8) is 0 Å². The van der Waals surface area contributed by atoms with Gasteiger partial charge in [0.15, 0.2) is 0 Å². The number of nitrogens with one attached hydrogen (secondary N) is 2. The first-order valence-electron chi connectivity index (χ1n) is 9.77. The molecule has 0 saturated heterocycles. The second kappa shape index (κ2) is 9.91. The zero-order valence-electron chi connectivity index (χ0n) is 17.5. The van der Waals surface area contributed by atoms with Gasteiger partial charge in [-0.25, -0.2) is 18.1 Å². The van der Waals surface area contributed by atoms with Gasteiger partial charge in [-0.2, -0.15) is 0 Å². The van der Waals surface area contributed by atoms with Crippen LogP contribution in [0, 0.1) is 6.92 Å². The lowest BCUT2D eigenvalue weighted by atomic mass is 10.1. The van der Waals surface area contributed by atoms with Crippen molar-refractivity contribution in [3.8, 4) is 11.3 Å². The molecule has 0 unspecified atom stereocenters. The van der Waals surface area contributed by atoms with Crippen LogP contribution in [-0.2, 0) is 16.4 Å². The number of thiazole rings is 1. The van der Waals surface area contributed by atoms with Crippen LogP contribution < -0.4 is 10.0 Å². The summed E-state index contributed by atoms with van der Waals surface area (Å²) < 4.78 is 27.2. The van der Waals surface area contributed by atoms with Gasteiger partial charge in [0.2, 0.25) is 10.0 Å². The van der Waals surface area contributed by atoms with Crippen molar-refractivity contribution in [2.75, 3.05) is 6.54 Å². The Morgan fingerprint density at radius 2 is 1.87 bits per heavy atom. The third-order valence-electron chi connectivity index (χ3n) is 4.45. The molecule has 9 heteroatoms. The fourth-order valence-electron chi connectivity index (χ4n) is 2.98. The van der Waals surface area contributed by atoms with Crippen LogP contribution in [0.15, 0.2) is 52.7 Å². The van der Waals surface area contributed by atoms with Gasteiger partial charge < -0.3 is 5.32 Å². The number of rotatable bonds is 8. The fraction of sp³-hybridized carbons (Fsp3) is 0.273. The number of sulfonamides is 1. The third-order valence-corrected chi connectivity index (χ3v) is 7.21. The molecule has 0 fully saturated rings. The molecule has 1 amide bonds. The zero-order chi connectivity index (χ0) is 22.6. The minimum Gasteiger partial charge on any atom is -0.352 e. The third kappa shape index (κ3) is 6.13. The summed E-state index contributed by atoms with van der Waals surface area (Å²) in [6.07, 6.45) is 0.632. The number of hydrogen-bond acceptors (Lipinski definition) is 5. The van der Waals surface area contributed by atoms with E-state index in [4.69, 9.17) is 11.6 Å². The maximum absolute atomic E-state index is 12.6. The maximum Gasteiger partial charge on any atom is 0.252 e. The molecule has 1 aromatic heterocycles. The molecule has 0 saturated carbocycles. The van der Waals surface area contributed by atoms with Gasteiger partial charge in [0.1, 0.15) is 0 Å². The second-order valence-corrected chi connectivity index (χ2v) is 10.6. The minimum atomic E-state index is -3.71. The highest BCUT2D eigenvalue weighted by molar-refractivity contribution is 7.89. The van der Waals surface area contributed by atoms with E-state index in [1.54, 1.807) is 25.2 Å². The van der Waals surface area contributed by atoms with E-state index < -0.39 is 15.9 Å². The van der Waals surface area contributed by atoms with Crippen LogP contribution in [0.5, 0.6) is 0 Å². The van der Waals surface area contributed by atoms with E-state index in [1.165, 1.54) is 18.2 Å². The van der Waals surface area contributed by atoms with E-state index in [0.29, 0.717) is 13.0 Å². The lowest BCUT2D eigenvalue weighted by molar-refractivity contribution is 0.0954. The minimum absolute atomic E-state index is 0.00335. The van der Waals surface area contributed by atoms with Crippen LogP contribution in [0.3, 0.4) is 0 Å². The number of nitrogens with zero attached hydrogens (tertiary/aromatic N) is 1. The van der Waals surface area contributed by atoms with Gasteiger partial charge in [0.25, 0.3) is 5.91 Å². The predicted octanol–water partition coefficient (Wildman–Crippen LogP) is 4.43. The lowest BCUT2D eigenvalue weighted by Crippen LogP contribution is -2.31. The van der Waals surface area contributed by atoms with Gasteiger partial charge in [-0.3, -0.25) is 4.79 Å². The molecule has 2 aromatic carbocycles. The number of carbonyl (C=O) groups is 1. The normalized spacial score (nSPS) is 11.6. The summed E-state index contributed by atoms with van der Waals surface area (Å²) in [5, 5.41) is 6.06. The van der Waals surface area contributed by atoms with Crippen LogP contribution in [0.4, 0.5) is 0 Å². The molecule has 0 aliphatic carbocycles. The van der Waals surface area contributed by atoms with Crippen LogP contribution >= 0.6 is 22.9 Å². The molecular weight excluding hydrogens is 454 g/mol. The molecule has 0 spiro atoms. The largest absolute Gasteiger partial charge is 0.352 e. The summed E-state index contributed by atoms with van der Waals surface area (Å²) >= 11 is 7.75. The monoisotopic (exact) mass is 477 g/mol. The van der Waals surface area contributed by atoms with Gasteiger partial charge in [0, 0.05) is 23.5 Å². The molecule has 164 valence electrons. The van der Waals surface area contributed by atoms with E-state index in [9.17, 15) is 13.2 Å². The number of hydrogen-bond donors (Lipinski definition) is 2. The molecule has 0 aliphatic heterocycles. The van der Waals surface area contributed by atoms with E-state index in [-0.39, 0.29) is 21.5 Å². The molecular formula is C22H24ClN3O3S2. The Bertz CT molecular complexity index is 1170. The van der Waals surface area contributed by atoms with E-state index in [2.05, 4.69) is 15.0 Å². The van der Waals surface area contributed by atoms with Gasteiger partial charge in [0.05, 0.1) is 26.2 Å². The van der Waals surface area contributed by atoms with Crippen LogP contribution in [-0.4, -0.2) is 31.9 Å². The quantitative estimate of drug-likeness (QED) is 0.502. The van der Waals surface area contributed by atoms with E-state index in [1.807, 2.05) is 36.6 Å². The molecule has 31 heavy (non-hydrogen) atoms. The molecule has 0 atom stereocenters. The van der Waals surface area contributed by atoms with Crippen LogP contribution in [0.1, 0.15) is 34.8 Å². The predicted molar refractivity (Wildman–Crippen MR) is 125 cm³/mol. The van der Waals surface area contributed by atoms with Crippen molar-refractivity contribution in [2.45, 2.75) is 38.1 Å². The molecule has 3 aromatic rings. The van der Waals surface area contributed by atoms with Crippen molar-refractivity contribution in [2.24, 2.45) is 0 Å². The van der Waals surface area contributed by atoms with Gasteiger partial charge >= 0.3 is 0 Å².